The fourth-order valence-corrected chi connectivity index (χ4v) is 2.68. The average molecular weight is 331 g/mol. The third-order valence-electron chi connectivity index (χ3n) is 3.38. The van der Waals surface area contributed by atoms with Gasteiger partial charge in [-0.05, 0) is 43.9 Å². The van der Waals surface area contributed by atoms with Crippen molar-refractivity contribution in [2.24, 2.45) is 0 Å². The predicted octanol–water partition coefficient (Wildman–Crippen LogP) is 4.07. The van der Waals surface area contributed by atoms with Crippen LogP contribution in [0.5, 0.6) is 0 Å². The Balaban J connectivity index is 2.11. The Hall–Kier alpha value is -0.540. The second kappa shape index (κ2) is 6.58. The SMILES string of the molecule is O=C(c1cccc(Br)c1)N(CCCCl)C1CCC1. The number of halogens is 2. The summed E-state index contributed by atoms with van der Waals surface area (Å²) in [5.41, 5.74) is 0.755. The van der Waals surface area contributed by atoms with Crippen LogP contribution in [0.3, 0.4) is 0 Å². The van der Waals surface area contributed by atoms with Gasteiger partial charge < -0.3 is 4.90 Å². The fraction of sp³-hybridized carbons (Fsp3) is 0.500. The van der Waals surface area contributed by atoms with Crippen molar-refractivity contribution in [1.29, 1.82) is 0 Å². The van der Waals surface area contributed by atoms with Crippen LogP contribution in [0.1, 0.15) is 36.0 Å². The maximum Gasteiger partial charge on any atom is 0.254 e. The van der Waals surface area contributed by atoms with Crippen LogP contribution in [0.15, 0.2) is 28.7 Å². The predicted molar refractivity (Wildman–Crippen MR) is 78.2 cm³/mol. The van der Waals surface area contributed by atoms with E-state index in [1.807, 2.05) is 29.2 Å². The fourth-order valence-electron chi connectivity index (χ4n) is 2.17. The summed E-state index contributed by atoms with van der Waals surface area (Å²) in [6, 6.07) is 8.01. The number of benzene rings is 1. The van der Waals surface area contributed by atoms with Gasteiger partial charge in [0.1, 0.15) is 0 Å². The summed E-state index contributed by atoms with van der Waals surface area (Å²) in [4.78, 5) is 14.5. The van der Waals surface area contributed by atoms with E-state index >= 15 is 0 Å². The van der Waals surface area contributed by atoms with E-state index in [1.54, 1.807) is 0 Å². The second-order valence-electron chi connectivity index (χ2n) is 4.64. The first kappa shape index (κ1) is 13.9. The van der Waals surface area contributed by atoms with Gasteiger partial charge in [0, 0.05) is 28.5 Å². The summed E-state index contributed by atoms with van der Waals surface area (Å²) >= 11 is 9.15. The van der Waals surface area contributed by atoms with E-state index in [0.717, 1.165) is 35.8 Å². The quantitative estimate of drug-likeness (QED) is 0.745. The topological polar surface area (TPSA) is 20.3 Å². The van der Waals surface area contributed by atoms with Crippen molar-refractivity contribution in [3.05, 3.63) is 34.3 Å². The van der Waals surface area contributed by atoms with Gasteiger partial charge in [0.2, 0.25) is 0 Å². The van der Waals surface area contributed by atoms with E-state index in [1.165, 1.54) is 6.42 Å². The van der Waals surface area contributed by atoms with E-state index < -0.39 is 0 Å². The molecule has 0 aromatic heterocycles. The zero-order valence-electron chi connectivity index (χ0n) is 10.2. The summed E-state index contributed by atoms with van der Waals surface area (Å²) < 4.78 is 0.944. The van der Waals surface area contributed by atoms with Gasteiger partial charge in [0.25, 0.3) is 5.91 Å². The van der Waals surface area contributed by atoms with Crippen LogP contribution >= 0.6 is 27.5 Å². The Morgan fingerprint density at radius 2 is 2.22 bits per heavy atom. The van der Waals surface area contributed by atoms with Gasteiger partial charge in [0.05, 0.1) is 0 Å². The molecule has 1 amide bonds. The molecule has 1 fully saturated rings. The number of carbonyl (C=O) groups excluding carboxylic acids is 1. The average Bonchev–Trinajstić information content (AvgIpc) is 2.31. The number of hydrogen-bond donors (Lipinski definition) is 0. The van der Waals surface area contributed by atoms with Gasteiger partial charge in [-0.15, -0.1) is 11.6 Å². The van der Waals surface area contributed by atoms with Crippen LogP contribution in [0.2, 0.25) is 0 Å². The van der Waals surface area contributed by atoms with Crippen molar-refractivity contribution < 1.29 is 4.79 Å². The first-order chi connectivity index (χ1) is 8.72. The smallest absolute Gasteiger partial charge is 0.254 e. The molecular formula is C14H17BrClNO. The lowest BCUT2D eigenvalue weighted by Crippen LogP contribution is -2.44. The minimum absolute atomic E-state index is 0.131. The van der Waals surface area contributed by atoms with Gasteiger partial charge >= 0.3 is 0 Å². The number of nitrogens with zero attached hydrogens (tertiary/aromatic N) is 1. The maximum atomic E-state index is 12.5. The molecule has 0 heterocycles. The molecule has 0 atom stereocenters. The highest BCUT2D eigenvalue weighted by molar-refractivity contribution is 9.10. The second-order valence-corrected chi connectivity index (χ2v) is 5.93. The van der Waals surface area contributed by atoms with Crippen LogP contribution in [0.4, 0.5) is 0 Å². The van der Waals surface area contributed by atoms with E-state index in [0.29, 0.717) is 11.9 Å². The molecule has 0 saturated heterocycles. The molecule has 1 aromatic carbocycles. The molecule has 0 radical (unpaired) electrons. The van der Waals surface area contributed by atoms with Gasteiger partial charge in [-0.2, -0.15) is 0 Å². The van der Waals surface area contributed by atoms with Crippen molar-refractivity contribution in [1.82, 2.24) is 4.90 Å². The summed E-state index contributed by atoms with van der Waals surface area (Å²) in [7, 11) is 0. The zero-order chi connectivity index (χ0) is 13.0. The molecule has 1 aromatic rings. The summed E-state index contributed by atoms with van der Waals surface area (Å²) in [5, 5.41) is 0. The minimum Gasteiger partial charge on any atom is -0.336 e. The molecule has 1 saturated carbocycles. The Labute approximate surface area is 121 Å². The van der Waals surface area contributed by atoms with Crippen LogP contribution in [0.25, 0.3) is 0 Å². The number of carbonyl (C=O) groups is 1. The van der Waals surface area contributed by atoms with Gasteiger partial charge in [-0.1, -0.05) is 22.0 Å². The summed E-state index contributed by atoms with van der Waals surface area (Å²) in [5.74, 6) is 0.737. The lowest BCUT2D eigenvalue weighted by molar-refractivity contribution is 0.0580. The van der Waals surface area contributed by atoms with Gasteiger partial charge in [-0.25, -0.2) is 0 Å². The van der Waals surface area contributed by atoms with Crippen molar-refractivity contribution in [2.75, 3.05) is 12.4 Å². The highest BCUT2D eigenvalue weighted by atomic mass is 79.9. The molecule has 0 bridgehead atoms. The normalized spacial score (nSPS) is 15.2. The summed E-state index contributed by atoms with van der Waals surface area (Å²) in [6.45, 7) is 0.763. The Bertz CT molecular complexity index is 420. The number of amides is 1. The van der Waals surface area contributed by atoms with Crippen molar-refractivity contribution >= 4 is 33.4 Å². The zero-order valence-corrected chi connectivity index (χ0v) is 12.6. The van der Waals surface area contributed by atoms with E-state index in [-0.39, 0.29) is 5.91 Å². The van der Waals surface area contributed by atoms with Crippen LogP contribution < -0.4 is 0 Å². The number of alkyl halides is 1. The number of rotatable bonds is 5. The lowest BCUT2D eigenvalue weighted by Gasteiger charge is -2.37. The van der Waals surface area contributed by atoms with Crippen LogP contribution in [0, 0.1) is 0 Å². The van der Waals surface area contributed by atoms with Gasteiger partial charge in [0.15, 0.2) is 0 Å². The molecular weight excluding hydrogens is 314 g/mol. The van der Waals surface area contributed by atoms with E-state index in [2.05, 4.69) is 15.9 Å². The lowest BCUT2D eigenvalue weighted by atomic mass is 9.91. The minimum atomic E-state index is 0.131. The Morgan fingerprint density at radius 3 is 2.78 bits per heavy atom. The number of hydrogen-bond acceptors (Lipinski definition) is 1. The third kappa shape index (κ3) is 3.27. The Morgan fingerprint density at radius 1 is 1.44 bits per heavy atom. The molecule has 4 heteroatoms. The van der Waals surface area contributed by atoms with Crippen molar-refractivity contribution in [3.63, 3.8) is 0 Å². The molecule has 2 nitrogen and oxygen atoms in total. The monoisotopic (exact) mass is 329 g/mol. The molecule has 0 aliphatic heterocycles. The molecule has 0 spiro atoms. The van der Waals surface area contributed by atoms with Crippen molar-refractivity contribution in [3.8, 4) is 0 Å². The van der Waals surface area contributed by atoms with Crippen LogP contribution in [-0.4, -0.2) is 29.3 Å². The molecule has 18 heavy (non-hydrogen) atoms. The molecule has 98 valence electrons. The standard InChI is InChI=1S/C14H17BrClNO/c15-12-5-1-4-11(10-12)14(18)17(9-3-8-16)13-6-2-7-13/h1,4-5,10,13H,2-3,6-9H2. The summed E-state index contributed by atoms with van der Waals surface area (Å²) in [6.07, 6.45) is 4.34. The maximum absolute atomic E-state index is 12.5. The Kier molecular flexibility index (Phi) is 5.07. The van der Waals surface area contributed by atoms with Gasteiger partial charge in [-0.3, -0.25) is 4.79 Å². The largest absolute Gasteiger partial charge is 0.336 e. The molecule has 1 aliphatic rings. The molecule has 1 aliphatic carbocycles. The third-order valence-corrected chi connectivity index (χ3v) is 4.14. The molecule has 0 unspecified atom stereocenters. The first-order valence-corrected chi connectivity index (χ1v) is 7.67. The van der Waals surface area contributed by atoms with E-state index in [4.69, 9.17) is 11.6 Å². The molecule has 2 rings (SSSR count). The molecule has 0 N–H and O–H groups in total. The van der Waals surface area contributed by atoms with Crippen molar-refractivity contribution in [2.45, 2.75) is 31.7 Å². The highest BCUT2D eigenvalue weighted by Crippen LogP contribution is 2.27. The van der Waals surface area contributed by atoms with E-state index in [9.17, 15) is 4.79 Å². The van der Waals surface area contributed by atoms with Crippen LogP contribution in [-0.2, 0) is 0 Å². The highest BCUT2D eigenvalue weighted by Gasteiger charge is 2.28. The first-order valence-electron chi connectivity index (χ1n) is 6.35.